The van der Waals surface area contributed by atoms with Crippen molar-refractivity contribution in [1.82, 2.24) is 10.6 Å². The van der Waals surface area contributed by atoms with Crippen LogP contribution in [0.5, 0.6) is 0 Å². The van der Waals surface area contributed by atoms with E-state index >= 15 is 0 Å². The number of hydrogen-bond donors (Lipinski definition) is 2. The van der Waals surface area contributed by atoms with Crippen LogP contribution in [0.15, 0.2) is 41.4 Å². The molecule has 1 aliphatic rings. The van der Waals surface area contributed by atoms with Crippen molar-refractivity contribution in [2.75, 3.05) is 6.54 Å². The van der Waals surface area contributed by atoms with Gasteiger partial charge in [0, 0.05) is 12.6 Å². The van der Waals surface area contributed by atoms with Gasteiger partial charge in [-0.15, -0.1) is 0 Å². The number of hydrogen-bond acceptors (Lipinski definition) is 1. The van der Waals surface area contributed by atoms with E-state index in [-0.39, 0.29) is 0 Å². The van der Waals surface area contributed by atoms with Crippen molar-refractivity contribution < 1.29 is 0 Å². The zero-order valence-electron chi connectivity index (χ0n) is 11.8. The van der Waals surface area contributed by atoms with Crippen LogP contribution in [0.2, 0.25) is 0 Å². The van der Waals surface area contributed by atoms with E-state index in [9.17, 15) is 0 Å². The summed E-state index contributed by atoms with van der Waals surface area (Å²) >= 11 is 0. The lowest BCUT2D eigenvalue weighted by Gasteiger charge is -2.16. The van der Waals surface area contributed by atoms with Crippen molar-refractivity contribution >= 4 is 5.96 Å². The molecule has 1 aromatic carbocycles. The molecule has 2 N–H and O–H groups in total. The van der Waals surface area contributed by atoms with Gasteiger partial charge >= 0.3 is 0 Å². The van der Waals surface area contributed by atoms with Crippen LogP contribution in [0.4, 0.5) is 0 Å². The predicted molar refractivity (Wildman–Crippen MR) is 81.3 cm³/mol. The summed E-state index contributed by atoms with van der Waals surface area (Å²) in [7, 11) is 0. The highest BCUT2D eigenvalue weighted by atomic mass is 15.2. The molecule has 0 saturated carbocycles. The van der Waals surface area contributed by atoms with Gasteiger partial charge in [-0.1, -0.05) is 42.0 Å². The molecular weight excluding hydrogens is 234 g/mol. The van der Waals surface area contributed by atoms with Gasteiger partial charge in [-0.2, -0.15) is 0 Å². The quantitative estimate of drug-likeness (QED) is 0.494. The van der Waals surface area contributed by atoms with E-state index in [4.69, 9.17) is 0 Å². The van der Waals surface area contributed by atoms with Crippen LogP contribution >= 0.6 is 0 Å². The van der Waals surface area contributed by atoms with Gasteiger partial charge in [0.25, 0.3) is 0 Å². The minimum atomic E-state index is 0.496. The zero-order valence-corrected chi connectivity index (χ0v) is 11.8. The molecule has 0 heterocycles. The number of rotatable bonds is 4. The summed E-state index contributed by atoms with van der Waals surface area (Å²) in [5.41, 5.74) is 2.53. The van der Waals surface area contributed by atoms with Gasteiger partial charge in [-0.3, -0.25) is 0 Å². The maximum atomic E-state index is 4.65. The molecule has 0 saturated heterocycles. The molecule has 19 heavy (non-hydrogen) atoms. The molecule has 0 spiro atoms. The van der Waals surface area contributed by atoms with E-state index in [0.717, 1.165) is 31.9 Å². The fraction of sp³-hybridized carbons (Fsp3) is 0.438. The van der Waals surface area contributed by atoms with E-state index in [1.54, 1.807) is 0 Å². The smallest absolute Gasteiger partial charge is 0.191 e. The number of nitrogens with one attached hydrogen (secondary N) is 2. The fourth-order valence-corrected chi connectivity index (χ4v) is 2.23. The molecule has 1 aromatic rings. The SMILES string of the molecule is CCNC(=NCc1cccc(C)c1)NC1CC=CC1. The summed E-state index contributed by atoms with van der Waals surface area (Å²) in [6.45, 7) is 5.81. The lowest BCUT2D eigenvalue weighted by atomic mass is 10.1. The molecule has 102 valence electrons. The maximum absolute atomic E-state index is 4.65. The van der Waals surface area contributed by atoms with Crippen molar-refractivity contribution in [2.45, 2.75) is 39.3 Å². The molecule has 0 fully saturated rings. The van der Waals surface area contributed by atoms with Gasteiger partial charge in [0.1, 0.15) is 0 Å². The minimum Gasteiger partial charge on any atom is -0.357 e. The zero-order chi connectivity index (χ0) is 13.5. The van der Waals surface area contributed by atoms with E-state index in [0.29, 0.717) is 6.04 Å². The minimum absolute atomic E-state index is 0.496. The summed E-state index contributed by atoms with van der Waals surface area (Å²) in [6.07, 6.45) is 6.63. The molecule has 0 unspecified atom stereocenters. The van der Waals surface area contributed by atoms with Gasteiger partial charge in [-0.05, 0) is 32.3 Å². The standard InChI is InChI=1S/C16H23N3/c1-3-17-16(19-15-9-4-5-10-15)18-12-14-8-6-7-13(2)11-14/h4-8,11,15H,3,9-10,12H2,1-2H3,(H2,17,18,19). The van der Waals surface area contributed by atoms with Crippen molar-refractivity contribution in [2.24, 2.45) is 4.99 Å². The van der Waals surface area contributed by atoms with Crippen LogP contribution < -0.4 is 10.6 Å². The second kappa shape index (κ2) is 6.98. The van der Waals surface area contributed by atoms with Crippen LogP contribution in [-0.2, 0) is 6.54 Å². The first-order valence-electron chi connectivity index (χ1n) is 7.03. The van der Waals surface area contributed by atoms with Crippen molar-refractivity contribution in [3.8, 4) is 0 Å². The molecule has 0 radical (unpaired) electrons. The number of nitrogens with zero attached hydrogens (tertiary/aromatic N) is 1. The molecule has 3 nitrogen and oxygen atoms in total. The fourth-order valence-electron chi connectivity index (χ4n) is 2.23. The van der Waals surface area contributed by atoms with Gasteiger partial charge in [-0.25, -0.2) is 4.99 Å². The molecule has 0 bridgehead atoms. The van der Waals surface area contributed by atoms with Gasteiger partial charge < -0.3 is 10.6 Å². The molecule has 0 aromatic heterocycles. The molecule has 0 amide bonds. The Balaban J connectivity index is 1.95. The monoisotopic (exact) mass is 257 g/mol. The topological polar surface area (TPSA) is 36.4 Å². The Labute approximate surface area is 115 Å². The summed E-state index contributed by atoms with van der Waals surface area (Å²) in [5, 5.41) is 6.78. The third kappa shape index (κ3) is 4.43. The first-order valence-corrected chi connectivity index (χ1v) is 7.03. The molecule has 1 aliphatic carbocycles. The average molecular weight is 257 g/mol. The highest BCUT2D eigenvalue weighted by molar-refractivity contribution is 5.80. The Bertz CT molecular complexity index is 455. The van der Waals surface area contributed by atoms with Crippen LogP contribution in [-0.4, -0.2) is 18.5 Å². The average Bonchev–Trinajstić information content (AvgIpc) is 2.89. The van der Waals surface area contributed by atoms with Crippen LogP contribution in [0, 0.1) is 6.92 Å². The number of guanidine groups is 1. The third-order valence-electron chi connectivity index (χ3n) is 3.20. The summed E-state index contributed by atoms with van der Waals surface area (Å²) in [5.74, 6) is 0.915. The molecule has 2 rings (SSSR count). The summed E-state index contributed by atoms with van der Waals surface area (Å²) in [4.78, 5) is 4.65. The Morgan fingerprint density at radius 1 is 1.32 bits per heavy atom. The molecule has 3 heteroatoms. The Hall–Kier alpha value is -1.77. The highest BCUT2D eigenvalue weighted by Gasteiger charge is 2.11. The first kappa shape index (κ1) is 13.7. The van der Waals surface area contributed by atoms with E-state index < -0.39 is 0 Å². The summed E-state index contributed by atoms with van der Waals surface area (Å²) < 4.78 is 0. The van der Waals surface area contributed by atoms with Crippen LogP contribution in [0.25, 0.3) is 0 Å². The van der Waals surface area contributed by atoms with Crippen LogP contribution in [0.3, 0.4) is 0 Å². The molecule has 0 aliphatic heterocycles. The highest BCUT2D eigenvalue weighted by Crippen LogP contribution is 2.09. The Morgan fingerprint density at radius 2 is 2.11 bits per heavy atom. The second-order valence-electron chi connectivity index (χ2n) is 4.97. The Morgan fingerprint density at radius 3 is 2.79 bits per heavy atom. The normalized spacial score (nSPS) is 15.8. The maximum Gasteiger partial charge on any atom is 0.191 e. The second-order valence-corrected chi connectivity index (χ2v) is 4.97. The van der Waals surface area contributed by atoms with Crippen molar-refractivity contribution in [1.29, 1.82) is 0 Å². The number of aliphatic imine (C=N–C) groups is 1. The summed E-state index contributed by atoms with van der Waals surface area (Å²) in [6, 6.07) is 9.00. The van der Waals surface area contributed by atoms with Gasteiger partial charge in [0.2, 0.25) is 0 Å². The lowest BCUT2D eigenvalue weighted by Crippen LogP contribution is -2.42. The van der Waals surface area contributed by atoms with E-state index in [1.165, 1.54) is 11.1 Å². The molecular formula is C16H23N3. The third-order valence-corrected chi connectivity index (χ3v) is 3.20. The predicted octanol–water partition coefficient (Wildman–Crippen LogP) is 2.77. The lowest BCUT2D eigenvalue weighted by molar-refractivity contribution is 0.633. The van der Waals surface area contributed by atoms with Crippen molar-refractivity contribution in [3.05, 3.63) is 47.5 Å². The molecule has 0 atom stereocenters. The first-order chi connectivity index (χ1) is 9.28. The van der Waals surface area contributed by atoms with Gasteiger partial charge in [0.05, 0.1) is 6.54 Å². The van der Waals surface area contributed by atoms with E-state index in [2.05, 4.69) is 65.9 Å². The van der Waals surface area contributed by atoms with Crippen molar-refractivity contribution in [3.63, 3.8) is 0 Å². The number of aryl methyl sites for hydroxylation is 1. The Kier molecular flexibility index (Phi) is 5.01. The van der Waals surface area contributed by atoms with Gasteiger partial charge in [0.15, 0.2) is 5.96 Å². The van der Waals surface area contributed by atoms with Crippen LogP contribution in [0.1, 0.15) is 30.9 Å². The van der Waals surface area contributed by atoms with E-state index in [1.807, 2.05) is 0 Å². The largest absolute Gasteiger partial charge is 0.357 e. The number of benzene rings is 1.